The molecule has 0 spiro atoms. The third kappa shape index (κ3) is 1.98. The van der Waals surface area contributed by atoms with E-state index in [-0.39, 0.29) is 0 Å². The maximum atomic E-state index is 3.23. The Bertz CT molecular complexity index is 96.9. The molecule has 0 aromatic carbocycles. The van der Waals surface area contributed by atoms with Crippen molar-refractivity contribution >= 4 is 0 Å². The minimum atomic E-state index is 0.859. The molecule has 0 aliphatic heterocycles. The third-order valence-corrected chi connectivity index (χ3v) is 2.79. The van der Waals surface area contributed by atoms with E-state index in [4.69, 9.17) is 0 Å². The monoisotopic (exact) mass is 141 g/mol. The van der Waals surface area contributed by atoms with Crippen LogP contribution in [-0.4, -0.2) is 13.6 Å². The topological polar surface area (TPSA) is 12.0 Å². The highest BCUT2D eigenvalue weighted by Gasteiger charge is 2.30. The van der Waals surface area contributed by atoms with E-state index in [2.05, 4.69) is 19.2 Å². The van der Waals surface area contributed by atoms with Crippen LogP contribution < -0.4 is 5.32 Å². The van der Waals surface area contributed by atoms with Gasteiger partial charge >= 0.3 is 0 Å². The highest BCUT2D eigenvalue weighted by molar-refractivity contribution is 4.81. The van der Waals surface area contributed by atoms with E-state index in [1.807, 2.05) is 7.05 Å². The van der Waals surface area contributed by atoms with Crippen molar-refractivity contribution in [2.75, 3.05) is 13.6 Å². The lowest BCUT2D eigenvalue weighted by Gasteiger charge is -2.18. The third-order valence-electron chi connectivity index (χ3n) is 2.79. The van der Waals surface area contributed by atoms with Gasteiger partial charge < -0.3 is 5.32 Å². The van der Waals surface area contributed by atoms with Crippen LogP contribution >= 0.6 is 0 Å². The summed E-state index contributed by atoms with van der Waals surface area (Å²) in [6, 6.07) is 0. The molecule has 0 saturated heterocycles. The van der Waals surface area contributed by atoms with Gasteiger partial charge in [-0.05, 0) is 44.2 Å². The summed E-state index contributed by atoms with van der Waals surface area (Å²) < 4.78 is 0. The van der Waals surface area contributed by atoms with Crippen LogP contribution in [0.1, 0.15) is 26.7 Å². The Morgan fingerprint density at radius 1 is 1.40 bits per heavy atom. The van der Waals surface area contributed by atoms with Crippen LogP contribution in [0.2, 0.25) is 0 Å². The van der Waals surface area contributed by atoms with Crippen LogP contribution in [0.3, 0.4) is 0 Å². The van der Waals surface area contributed by atoms with Crippen LogP contribution in [0, 0.1) is 17.8 Å². The van der Waals surface area contributed by atoms with Gasteiger partial charge in [0.25, 0.3) is 0 Å². The Morgan fingerprint density at radius 2 is 2.00 bits per heavy atom. The Hall–Kier alpha value is -0.0400. The van der Waals surface area contributed by atoms with Gasteiger partial charge in [0.05, 0.1) is 0 Å². The molecule has 10 heavy (non-hydrogen) atoms. The van der Waals surface area contributed by atoms with Gasteiger partial charge in [-0.25, -0.2) is 0 Å². The van der Waals surface area contributed by atoms with Crippen molar-refractivity contribution in [1.29, 1.82) is 0 Å². The van der Waals surface area contributed by atoms with Crippen molar-refractivity contribution in [3.05, 3.63) is 0 Å². The molecule has 1 heteroatoms. The first kappa shape index (κ1) is 8.06. The van der Waals surface area contributed by atoms with Crippen LogP contribution in [0.25, 0.3) is 0 Å². The van der Waals surface area contributed by atoms with E-state index in [1.54, 1.807) is 0 Å². The van der Waals surface area contributed by atoms with Crippen molar-refractivity contribution in [3.63, 3.8) is 0 Å². The first-order valence-electron chi connectivity index (χ1n) is 4.40. The molecule has 0 amide bonds. The average Bonchev–Trinajstić information content (AvgIpc) is 2.68. The zero-order chi connectivity index (χ0) is 7.56. The van der Waals surface area contributed by atoms with Gasteiger partial charge in [-0.1, -0.05) is 13.8 Å². The van der Waals surface area contributed by atoms with Crippen molar-refractivity contribution in [2.24, 2.45) is 17.8 Å². The summed E-state index contributed by atoms with van der Waals surface area (Å²) in [5.41, 5.74) is 0. The Kier molecular flexibility index (Phi) is 2.72. The summed E-state index contributed by atoms with van der Waals surface area (Å²) in [6.07, 6.45) is 2.96. The molecule has 2 unspecified atom stereocenters. The molecule has 1 aliphatic rings. The molecule has 1 aliphatic carbocycles. The van der Waals surface area contributed by atoms with E-state index >= 15 is 0 Å². The maximum absolute atomic E-state index is 3.23. The number of hydrogen-bond donors (Lipinski definition) is 1. The van der Waals surface area contributed by atoms with E-state index in [0.717, 1.165) is 17.8 Å². The van der Waals surface area contributed by atoms with Crippen molar-refractivity contribution < 1.29 is 0 Å². The van der Waals surface area contributed by atoms with Gasteiger partial charge in [0.15, 0.2) is 0 Å². The van der Waals surface area contributed by atoms with Gasteiger partial charge in [-0.15, -0.1) is 0 Å². The highest BCUT2D eigenvalue weighted by Crippen LogP contribution is 2.39. The Morgan fingerprint density at radius 3 is 2.40 bits per heavy atom. The molecule has 0 radical (unpaired) electrons. The van der Waals surface area contributed by atoms with Gasteiger partial charge in [0.1, 0.15) is 0 Å². The SMILES string of the molecule is CNCC(C)C(C)C1CC1. The summed E-state index contributed by atoms with van der Waals surface area (Å²) in [4.78, 5) is 0. The van der Waals surface area contributed by atoms with E-state index in [0.29, 0.717) is 0 Å². The fraction of sp³-hybridized carbons (Fsp3) is 1.00. The first-order valence-corrected chi connectivity index (χ1v) is 4.40. The first-order chi connectivity index (χ1) is 4.75. The lowest BCUT2D eigenvalue weighted by atomic mass is 9.91. The molecule has 60 valence electrons. The summed E-state index contributed by atoms with van der Waals surface area (Å²) in [5.74, 6) is 2.85. The molecule has 1 rings (SSSR count). The minimum Gasteiger partial charge on any atom is -0.319 e. The Labute approximate surface area is 64.2 Å². The zero-order valence-electron chi connectivity index (χ0n) is 7.35. The molecule has 1 saturated carbocycles. The second-order valence-electron chi connectivity index (χ2n) is 3.73. The van der Waals surface area contributed by atoms with E-state index < -0.39 is 0 Å². The number of nitrogens with one attached hydrogen (secondary N) is 1. The van der Waals surface area contributed by atoms with Crippen molar-refractivity contribution in [2.45, 2.75) is 26.7 Å². The molecule has 1 N–H and O–H groups in total. The smallest absolute Gasteiger partial charge is 0.00235 e. The fourth-order valence-corrected chi connectivity index (χ4v) is 1.59. The molecule has 1 nitrogen and oxygen atoms in total. The van der Waals surface area contributed by atoms with Gasteiger partial charge in [0.2, 0.25) is 0 Å². The summed E-state index contributed by atoms with van der Waals surface area (Å²) in [7, 11) is 2.04. The largest absolute Gasteiger partial charge is 0.319 e. The van der Waals surface area contributed by atoms with Crippen LogP contribution in [0.4, 0.5) is 0 Å². The molecule has 2 atom stereocenters. The normalized spacial score (nSPS) is 24.3. The predicted molar refractivity (Wildman–Crippen MR) is 45.0 cm³/mol. The lowest BCUT2D eigenvalue weighted by Crippen LogP contribution is -2.22. The highest BCUT2D eigenvalue weighted by atomic mass is 14.8. The Balaban J connectivity index is 2.17. The second-order valence-corrected chi connectivity index (χ2v) is 3.73. The zero-order valence-corrected chi connectivity index (χ0v) is 7.35. The fourth-order valence-electron chi connectivity index (χ4n) is 1.59. The summed E-state index contributed by atoms with van der Waals surface area (Å²) >= 11 is 0. The molecule has 0 heterocycles. The predicted octanol–water partition coefficient (Wildman–Crippen LogP) is 1.89. The molecule has 0 aromatic heterocycles. The van der Waals surface area contributed by atoms with Gasteiger partial charge in [-0.2, -0.15) is 0 Å². The maximum Gasteiger partial charge on any atom is -0.00235 e. The number of hydrogen-bond acceptors (Lipinski definition) is 1. The van der Waals surface area contributed by atoms with Gasteiger partial charge in [-0.3, -0.25) is 0 Å². The molecular formula is C9H19N. The average molecular weight is 141 g/mol. The van der Waals surface area contributed by atoms with Crippen LogP contribution in [0.15, 0.2) is 0 Å². The molecule has 0 bridgehead atoms. The molecule has 1 fully saturated rings. The van der Waals surface area contributed by atoms with Gasteiger partial charge in [0, 0.05) is 0 Å². The summed E-state index contributed by atoms with van der Waals surface area (Å²) in [6.45, 7) is 5.91. The quantitative estimate of drug-likeness (QED) is 0.630. The van der Waals surface area contributed by atoms with E-state index in [9.17, 15) is 0 Å². The number of rotatable bonds is 4. The lowest BCUT2D eigenvalue weighted by molar-refractivity contribution is 0.338. The molecule has 0 aromatic rings. The van der Waals surface area contributed by atoms with Crippen molar-refractivity contribution in [1.82, 2.24) is 5.32 Å². The molecular weight excluding hydrogens is 122 g/mol. The minimum absolute atomic E-state index is 0.859. The van der Waals surface area contributed by atoms with Crippen molar-refractivity contribution in [3.8, 4) is 0 Å². The van der Waals surface area contributed by atoms with E-state index in [1.165, 1.54) is 19.4 Å². The summed E-state index contributed by atoms with van der Waals surface area (Å²) in [5, 5.41) is 3.23. The van der Waals surface area contributed by atoms with Crippen LogP contribution in [0.5, 0.6) is 0 Å². The van der Waals surface area contributed by atoms with Crippen LogP contribution in [-0.2, 0) is 0 Å². The second kappa shape index (κ2) is 3.38. The standard InChI is InChI=1S/C9H19N/c1-7(6-10-3)8(2)9-4-5-9/h7-10H,4-6H2,1-3H3.